The van der Waals surface area contributed by atoms with Crippen LogP contribution >= 0.6 is 0 Å². The molecule has 0 unspecified atom stereocenters. The van der Waals surface area contributed by atoms with Crippen LogP contribution in [0.25, 0.3) is 0 Å². The van der Waals surface area contributed by atoms with E-state index in [4.69, 9.17) is 4.74 Å². The maximum Gasteiger partial charge on any atom is 0.321 e. The quantitative estimate of drug-likeness (QED) is 0.351. The van der Waals surface area contributed by atoms with Gasteiger partial charge in [0.15, 0.2) is 6.61 Å². The molecule has 1 rings (SSSR count). The van der Waals surface area contributed by atoms with E-state index >= 15 is 0 Å². The van der Waals surface area contributed by atoms with E-state index in [-0.39, 0.29) is 10.6 Å². The lowest BCUT2D eigenvalue weighted by atomic mass is 10.1. The number of nitrogens with one attached hydrogen (secondary N) is 2. The molecule has 0 aliphatic rings. The normalized spacial score (nSPS) is 11.6. The summed E-state index contributed by atoms with van der Waals surface area (Å²) in [5.41, 5.74) is -0.666. The van der Waals surface area contributed by atoms with Crippen LogP contribution in [0, 0.1) is 10.1 Å². The van der Waals surface area contributed by atoms with Crippen LogP contribution in [0.4, 0.5) is 11.4 Å². The Balaban J connectivity index is 2.76. The van der Waals surface area contributed by atoms with E-state index in [0.29, 0.717) is 0 Å². The molecule has 0 aliphatic carbocycles. The van der Waals surface area contributed by atoms with Gasteiger partial charge in [-0.2, -0.15) is 4.72 Å². The molecule has 0 fully saturated rings. The molecule has 0 saturated heterocycles. The summed E-state index contributed by atoms with van der Waals surface area (Å²) in [5, 5.41) is 13.8. The van der Waals surface area contributed by atoms with Crippen molar-refractivity contribution in [1.29, 1.82) is 0 Å². The second-order valence-electron chi connectivity index (χ2n) is 7.09. The van der Waals surface area contributed by atoms with E-state index in [1.165, 1.54) is 17.0 Å². The summed E-state index contributed by atoms with van der Waals surface area (Å²) in [5.74, 6) is -1.49. The van der Waals surface area contributed by atoms with Crippen molar-refractivity contribution < 1.29 is 27.7 Å². The predicted molar refractivity (Wildman–Crippen MR) is 101 cm³/mol. The molecule has 0 spiro atoms. The number of carbonyl (C=O) groups excluding carboxylic acids is 2. The van der Waals surface area contributed by atoms with Crippen molar-refractivity contribution in [2.75, 3.05) is 32.1 Å². The molecule has 0 heterocycles. The first kappa shape index (κ1) is 23.3. The van der Waals surface area contributed by atoms with Gasteiger partial charge in [0, 0.05) is 25.7 Å². The average Bonchev–Trinajstić information content (AvgIpc) is 2.56. The molecule has 0 saturated carbocycles. The fourth-order valence-corrected chi connectivity index (χ4v) is 3.07. The summed E-state index contributed by atoms with van der Waals surface area (Å²) in [6.07, 6.45) is 0. The Morgan fingerprint density at radius 2 is 1.86 bits per heavy atom. The van der Waals surface area contributed by atoms with E-state index in [2.05, 4.69) is 5.32 Å². The van der Waals surface area contributed by atoms with Crippen molar-refractivity contribution in [2.24, 2.45) is 0 Å². The van der Waals surface area contributed by atoms with Crippen LogP contribution in [0.1, 0.15) is 20.8 Å². The number of esters is 1. The number of hydrogen-bond donors (Lipinski definition) is 2. The van der Waals surface area contributed by atoms with E-state index in [1.54, 1.807) is 34.9 Å². The standard InChI is InChI=1S/C16H24N4O7S/c1-16(2,3)18-14(21)10-27-15(22)9-17-28(25,26)11-6-7-12(19(4)5)13(8-11)20(23)24/h6-8,17H,9-10H2,1-5H3,(H,18,21). The van der Waals surface area contributed by atoms with Gasteiger partial charge in [-0.05, 0) is 32.9 Å². The molecule has 0 aromatic heterocycles. The third-order valence-corrected chi connectivity index (χ3v) is 4.62. The molecule has 28 heavy (non-hydrogen) atoms. The van der Waals surface area contributed by atoms with Crippen molar-refractivity contribution in [3.8, 4) is 0 Å². The minimum atomic E-state index is -4.20. The lowest BCUT2D eigenvalue weighted by Crippen LogP contribution is -2.43. The minimum Gasteiger partial charge on any atom is -0.455 e. The zero-order chi connectivity index (χ0) is 21.7. The molecule has 0 atom stereocenters. The Bertz CT molecular complexity index is 860. The first-order valence-corrected chi connectivity index (χ1v) is 9.63. The zero-order valence-corrected chi connectivity index (χ0v) is 17.1. The molecule has 156 valence electrons. The van der Waals surface area contributed by atoms with Gasteiger partial charge in [0.05, 0.1) is 9.82 Å². The maximum atomic E-state index is 12.3. The summed E-state index contributed by atoms with van der Waals surface area (Å²) in [6.45, 7) is 3.97. The predicted octanol–water partition coefficient (Wildman–Crippen LogP) is 0.397. The Kier molecular flexibility index (Phi) is 7.47. The number of rotatable bonds is 8. The van der Waals surface area contributed by atoms with Crippen LogP contribution in [-0.2, 0) is 24.3 Å². The van der Waals surface area contributed by atoms with Crippen LogP contribution < -0.4 is 14.9 Å². The summed E-state index contributed by atoms with van der Waals surface area (Å²) in [6, 6.07) is 3.38. The van der Waals surface area contributed by atoms with E-state index in [9.17, 15) is 28.1 Å². The average molecular weight is 416 g/mol. The Morgan fingerprint density at radius 3 is 2.36 bits per heavy atom. The fraction of sp³-hybridized carbons (Fsp3) is 0.500. The van der Waals surface area contributed by atoms with Gasteiger partial charge in [0.1, 0.15) is 12.2 Å². The van der Waals surface area contributed by atoms with E-state index in [1.807, 2.05) is 4.72 Å². The highest BCUT2D eigenvalue weighted by molar-refractivity contribution is 7.89. The summed E-state index contributed by atoms with van der Waals surface area (Å²) in [7, 11) is -1.03. The molecule has 12 heteroatoms. The third-order valence-electron chi connectivity index (χ3n) is 3.22. The SMILES string of the molecule is CN(C)c1ccc(S(=O)(=O)NCC(=O)OCC(=O)NC(C)(C)C)cc1[N+](=O)[O-]. The Hall–Kier alpha value is -2.73. The van der Waals surface area contributed by atoms with Gasteiger partial charge < -0.3 is 15.0 Å². The maximum absolute atomic E-state index is 12.3. The van der Waals surface area contributed by atoms with Gasteiger partial charge in [-0.15, -0.1) is 0 Å². The van der Waals surface area contributed by atoms with Crippen LogP contribution in [0.15, 0.2) is 23.1 Å². The smallest absolute Gasteiger partial charge is 0.321 e. The number of ether oxygens (including phenoxy) is 1. The van der Waals surface area contributed by atoms with Crippen LogP contribution in [0.5, 0.6) is 0 Å². The molecule has 0 radical (unpaired) electrons. The van der Waals surface area contributed by atoms with Crippen LogP contribution in [0.3, 0.4) is 0 Å². The number of amides is 1. The van der Waals surface area contributed by atoms with E-state index < -0.39 is 51.2 Å². The van der Waals surface area contributed by atoms with Gasteiger partial charge in [-0.3, -0.25) is 19.7 Å². The molecular weight excluding hydrogens is 392 g/mol. The number of anilines is 1. The number of hydrogen-bond acceptors (Lipinski definition) is 8. The van der Waals surface area contributed by atoms with Crippen LogP contribution in [-0.4, -0.2) is 58.0 Å². The largest absolute Gasteiger partial charge is 0.455 e. The van der Waals surface area contributed by atoms with Crippen molar-refractivity contribution in [2.45, 2.75) is 31.2 Å². The molecular formula is C16H24N4O7S. The second kappa shape index (κ2) is 8.97. The second-order valence-corrected chi connectivity index (χ2v) is 8.85. The molecule has 11 nitrogen and oxygen atoms in total. The molecule has 2 N–H and O–H groups in total. The van der Waals surface area contributed by atoms with Gasteiger partial charge in [0.2, 0.25) is 10.0 Å². The van der Waals surface area contributed by atoms with E-state index in [0.717, 1.165) is 6.07 Å². The molecule has 1 aromatic rings. The van der Waals surface area contributed by atoms with Crippen molar-refractivity contribution in [3.63, 3.8) is 0 Å². The van der Waals surface area contributed by atoms with Crippen molar-refractivity contribution in [1.82, 2.24) is 10.0 Å². The van der Waals surface area contributed by atoms with Crippen LogP contribution in [0.2, 0.25) is 0 Å². The van der Waals surface area contributed by atoms with Gasteiger partial charge in [-0.25, -0.2) is 8.42 Å². The third kappa shape index (κ3) is 7.12. The number of nitrogens with zero attached hydrogens (tertiary/aromatic N) is 2. The molecule has 0 bridgehead atoms. The first-order valence-electron chi connectivity index (χ1n) is 8.15. The first-order chi connectivity index (χ1) is 12.7. The zero-order valence-electron chi connectivity index (χ0n) is 16.3. The highest BCUT2D eigenvalue weighted by atomic mass is 32.2. The highest BCUT2D eigenvalue weighted by Gasteiger charge is 2.23. The summed E-state index contributed by atoms with van der Waals surface area (Å²) >= 11 is 0. The lowest BCUT2D eigenvalue weighted by Gasteiger charge is -2.20. The number of sulfonamides is 1. The molecule has 1 aromatic carbocycles. The minimum absolute atomic E-state index is 0.230. The Labute approximate surface area is 163 Å². The fourth-order valence-electron chi connectivity index (χ4n) is 2.08. The van der Waals surface area contributed by atoms with Gasteiger partial charge in [-0.1, -0.05) is 0 Å². The van der Waals surface area contributed by atoms with Crippen molar-refractivity contribution in [3.05, 3.63) is 28.3 Å². The number of nitro benzene ring substituents is 1. The summed E-state index contributed by atoms with van der Waals surface area (Å²) in [4.78, 5) is 34.8. The summed E-state index contributed by atoms with van der Waals surface area (Å²) < 4.78 is 31.3. The lowest BCUT2D eigenvalue weighted by molar-refractivity contribution is -0.384. The topological polar surface area (TPSA) is 148 Å². The monoisotopic (exact) mass is 416 g/mol. The number of carbonyl (C=O) groups is 2. The molecule has 1 amide bonds. The van der Waals surface area contributed by atoms with Gasteiger partial charge >= 0.3 is 5.97 Å². The number of benzene rings is 1. The molecule has 0 aliphatic heterocycles. The van der Waals surface area contributed by atoms with Crippen molar-refractivity contribution >= 4 is 33.3 Å². The van der Waals surface area contributed by atoms with Gasteiger partial charge in [0.25, 0.3) is 11.6 Å². The highest BCUT2D eigenvalue weighted by Crippen LogP contribution is 2.29. The number of nitro groups is 1. The Morgan fingerprint density at radius 1 is 1.25 bits per heavy atom.